The molecule has 0 amide bonds. The van der Waals surface area contributed by atoms with Gasteiger partial charge in [0, 0.05) is 18.1 Å². The first kappa shape index (κ1) is 15.7. The van der Waals surface area contributed by atoms with E-state index < -0.39 is 11.9 Å². The van der Waals surface area contributed by atoms with Crippen LogP contribution >= 0.6 is 0 Å². The van der Waals surface area contributed by atoms with Gasteiger partial charge in [-0.2, -0.15) is 0 Å². The number of aliphatic imine (C=N–C) groups is 1. The monoisotopic (exact) mass is 321 g/mol. The molecule has 5 heteroatoms. The number of carbonyl (C=O) groups is 2. The van der Waals surface area contributed by atoms with Crippen molar-refractivity contribution in [3.63, 3.8) is 0 Å². The van der Waals surface area contributed by atoms with Gasteiger partial charge >= 0.3 is 11.9 Å². The average molecular weight is 321 g/mol. The average Bonchev–Trinajstić information content (AvgIpc) is 2.90. The van der Waals surface area contributed by atoms with Crippen molar-refractivity contribution in [1.29, 1.82) is 0 Å². The van der Waals surface area contributed by atoms with Crippen LogP contribution in [-0.2, 0) is 14.3 Å². The molecule has 0 saturated carbocycles. The first-order valence-corrected chi connectivity index (χ1v) is 7.40. The molecule has 0 bridgehead atoms. The summed E-state index contributed by atoms with van der Waals surface area (Å²) in [6.45, 7) is 3.24. The second-order valence-electron chi connectivity index (χ2n) is 5.28. The van der Waals surface area contributed by atoms with Gasteiger partial charge in [0.05, 0.1) is 0 Å². The summed E-state index contributed by atoms with van der Waals surface area (Å²) in [5, 5.41) is 0. The van der Waals surface area contributed by atoms with Crippen LogP contribution < -0.4 is 4.74 Å². The van der Waals surface area contributed by atoms with E-state index in [1.54, 1.807) is 30.3 Å². The van der Waals surface area contributed by atoms with Gasteiger partial charge in [0.15, 0.2) is 5.70 Å². The molecule has 1 aliphatic rings. The van der Waals surface area contributed by atoms with Gasteiger partial charge in [0.2, 0.25) is 5.90 Å². The minimum atomic E-state index is -0.536. The summed E-state index contributed by atoms with van der Waals surface area (Å²) in [6, 6.07) is 14.4. The van der Waals surface area contributed by atoms with Gasteiger partial charge in [-0.15, -0.1) is 0 Å². The van der Waals surface area contributed by atoms with Crippen LogP contribution in [0.3, 0.4) is 0 Å². The maximum absolute atomic E-state index is 12.1. The lowest BCUT2D eigenvalue weighted by Crippen LogP contribution is -2.06. The van der Waals surface area contributed by atoms with E-state index in [-0.39, 0.29) is 11.6 Å². The smallest absolute Gasteiger partial charge is 0.363 e. The molecule has 3 rings (SSSR count). The maximum Gasteiger partial charge on any atom is 0.363 e. The lowest BCUT2D eigenvalue weighted by Gasteiger charge is -2.04. The highest BCUT2D eigenvalue weighted by Crippen LogP contribution is 2.25. The Labute approximate surface area is 139 Å². The molecule has 1 heterocycles. The largest absolute Gasteiger partial charge is 0.426 e. The molecule has 2 aromatic rings. The Hall–Kier alpha value is -3.21. The van der Waals surface area contributed by atoms with E-state index in [4.69, 9.17) is 9.47 Å². The molecule has 0 atom stereocenters. The highest BCUT2D eigenvalue weighted by atomic mass is 16.6. The highest BCUT2D eigenvalue weighted by molar-refractivity contribution is 6.13. The van der Waals surface area contributed by atoms with Crippen molar-refractivity contribution in [3.8, 4) is 5.75 Å². The van der Waals surface area contributed by atoms with E-state index in [1.807, 2.05) is 31.2 Å². The van der Waals surface area contributed by atoms with Crippen molar-refractivity contribution >= 4 is 23.9 Å². The van der Waals surface area contributed by atoms with E-state index >= 15 is 0 Å². The number of cyclic esters (lactones) is 1. The van der Waals surface area contributed by atoms with Gasteiger partial charge in [0.25, 0.3) is 0 Å². The molecule has 120 valence electrons. The number of rotatable bonds is 3. The van der Waals surface area contributed by atoms with E-state index in [2.05, 4.69) is 4.99 Å². The van der Waals surface area contributed by atoms with Gasteiger partial charge < -0.3 is 9.47 Å². The summed E-state index contributed by atoms with van der Waals surface area (Å²) in [6.07, 6.45) is 1.55. The summed E-state index contributed by atoms with van der Waals surface area (Å²) < 4.78 is 10.4. The SMILES string of the molecule is CC(=O)Oc1ccccc1C=C1N=C(c2ccccc2C)OC1=O. The quantitative estimate of drug-likeness (QED) is 0.494. The first-order chi connectivity index (χ1) is 11.5. The van der Waals surface area contributed by atoms with Gasteiger partial charge in [0.1, 0.15) is 5.75 Å². The first-order valence-electron chi connectivity index (χ1n) is 7.40. The van der Waals surface area contributed by atoms with Gasteiger partial charge in [-0.25, -0.2) is 9.79 Å². The molecule has 24 heavy (non-hydrogen) atoms. The zero-order valence-corrected chi connectivity index (χ0v) is 13.3. The Bertz CT molecular complexity index is 880. The fourth-order valence-electron chi connectivity index (χ4n) is 2.33. The van der Waals surface area contributed by atoms with Crippen LogP contribution in [0.2, 0.25) is 0 Å². The van der Waals surface area contributed by atoms with Crippen LogP contribution in [-0.4, -0.2) is 17.8 Å². The van der Waals surface area contributed by atoms with Gasteiger partial charge in [-0.3, -0.25) is 4.79 Å². The minimum absolute atomic E-state index is 0.160. The molecule has 1 aliphatic heterocycles. The Morgan fingerprint density at radius 1 is 1.12 bits per heavy atom. The molecule has 0 aliphatic carbocycles. The fraction of sp³-hybridized carbons (Fsp3) is 0.105. The lowest BCUT2D eigenvalue weighted by atomic mass is 10.1. The molecule has 0 saturated heterocycles. The van der Waals surface area contributed by atoms with Crippen LogP contribution in [0.5, 0.6) is 5.75 Å². The summed E-state index contributed by atoms with van der Waals surface area (Å²) >= 11 is 0. The molecule has 0 aromatic heterocycles. The number of para-hydroxylation sites is 1. The van der Waals surface area contributed by atoms with Crippen LogP contribution in [0, 0.1) is 6.92 Å². The molecule has 0 N–H and O–H groups in total. The summed E-state index contributed by atoms with van der Waals surface area (Å²) in [7, 11) is 0. The number of esters is 2. The number of nitrogens with zero attached hydrogens (tertiary/aromatic N) is 1. The topological polar surface area (TPSA) is 65.0 Å². The molecular formula is C19H15NO4. The van der Waals surface area contributed by atoms with Crippen molar-refractivity contribution < 1.29 is 19.1 Å². The summed E-state index contributed by atoms with van der Waals surface area (Å²) in [5.74, 6) is -0.330. The Kier molecular flexibility index (Phi) is 4.24. The van der Waals surface area contributed by atoms with Gasteiger partial charge in [-0.05, 0) is 30.7 Å². The second kappa shape index (κ2) is 6.50. The number of carbonyl (C=O) groups excluding carboxylic acids is 2. The Balaban J connectivity index is 1.98. The number of benzene rings is 2. The van der Waals surface area contributed by atoms with Crippen molar-refractivity contribution in [2.45, 2.75) is 13.8 Å². The van der Waals surface area contributed by atoms with Crippen molar-refractivity contribution in [3.05, 3.63) is 70.9 Å². The van der Waals surface area contributed by atoms with Crippen molar-refractivity contribution in [1.82, 2.24) is 0 Å². The van der Waals surface area contributed by atoms with Crippen LogP contribution in [0.1, 0.15) is 23.6 Å². The number of hydrogen-bond acceptors (Lipinski definition) is 5. The van der Waals surface area contributed by atoms with Gasteiger partial charge in [-0.1, -0.05) is 36.4 Å². The van der Waals surface area contributed by atoms with Crippen LogP contribution in [0.15, 0.2) is 59.2 Å². The molecule has 5 nitrogen and oxygen atoms in total. The lowest BCUT2D eigenvalue weighted by molar-refractivity contribution is -0.132. The maximum atomic E-state index is 12.1. The predicted molar refractivity (Wildman–Crippen MR) is 89.5 cm³/mol. The predicted octanol–water partition coefficient (Wildman–Crippen LogP) is 3.26. The standard InChI is InChI=1S/C19H15NO4/c1-12-7-3-5-9-15(12)18-20-16(19(22)24-18)11-14-8-4-6-10-17(14)23-13(2)21/h3-11H,1-2H3. The zero-order chi connectivity index (χ0) is 17.1. The van der Waals surface area contributed by atoms with Crippen molar-refractivity contribution in [2.75, 3.05) is 0 Å². The summed E-state index contributed by atoms with van der Waals surface area (Å²) in [5.41, 5.74) is 2.47. The molecular weight excluding hydrogens is 306 g/mol. The Morgan fingerprint density at radius 3 is 2.58 bits per heavy atom. The van der Waals surface area contributed by atoms with Crippen molar-refractivity contribution in [2.24, 2.45) is 4.99 Å². The molecule has 0 radical (unpaired) electrons. The molecule has 0 unspecified atom stereocenters. The van der Waals surface area contributed by atoms with E-state index in [1.165, 1.54) is 6.92 Å². The van der Waals surface area contributed by atoms with E-state index in [0.717, 1.165) is 11.1 Å². The second-order valence-corrected chi connectivity index (χ2v) is 5.28. The third-order valence-electron chi connectivity index (χ3n) is 3.46. The molecule has 0 spiro atoms. The Morgan fingerprint density at radius 2 is 1.83 bits per heavy atom. The normalized spacial score (nSPS) is 15.2. The fourth-order valence-corrected chi connectivity index (χ4v) is 2.33. The van der Waals surface area contributed by atoms with Crippen LogP contribution in [0.4, 0.5) is 0 Å². The zero-order valence-electron chi connectivity index (χ0n) is 13.3. The minimum Gasteiger partial charge on any atom is -0.426 e. The summed E-state index contributed by atoms with van der Waals surface area (Å²) in [4.78, 5) is 27.6. The number of aryl methyl sites for hydroxylation is 1. The third-order valence-corrected chi connectivity index (χ3v) is 3.46. The van der Waals surface area contributed by atoms with E-state index in [0.29, 0.717) is 11.3 Å². The number of ether oxygens (including phenoxy) is 2. The number of hydrogen-bond donors (Lipinski definition) is 0. The third kappa shape index (κ3) is 3.25. The van der Waals surface area contributed by atoms with Crippen LogP contribution in [0.25, 0.3) is 6.08 Å². The molecule has 2 aromatic carbocycles. The van der Waals surface area contributed by atoms with E-state index in [9.17, 15) is 9.59 Å². The molecule has 0 fully saturated rings. The highest BCUT2D eigenvalue weighted by Gasteiger charge is 2.25.